The summed E-state index contributed by atoms with van der Waals surface area (Å²) in [5.41, 5.74) is 2.14. The van der Waals surface area contributed by atoms with Gasteiger partial charge in [0.2, 0.25) is 5.78 Å². The molecule has 3 nitrogen and oxygen atoms in total. The van der Waals surface area contributed by atoms with Crippen molar-refractivity contribution in [3.05, 3.63) is 83.1 Å². The summed E-state index contributed by atoms with van der Waals surface area (Å²) in [6.45, 7) is 0. The maximum absolute atomic E-state index is 12.6. The van der Waals surface area contributed by atoms with E-state index in [-0.39, 0.29) is 5.78 Å². The molecule has 0 aliphatic heterocycles. The summed E-state index contributed by atoms with van der Waals surface area (Å²) in [5, 5.41) is 0.950. The van der Waals surface area contributed by atoms with Crippen molar-refractivity contribution in [1.82, 2.24) is 9.97 Å². The summed E-state index contributed by atoms with van der Waals surface area (Å²) in [5.74, 6) is -0.116. The van der Waals surface area contributed by atoms with Crippen LogP contribution in [-0.2, 0) is 0 Å². The molecule has 116 valence electrons. The molecule has 0 radical (unpaired) electrons. The molecule has 4 rings (SSSR count). The average molecular weight is 348 g/mol. The van der Waals surface area contributed by atoms with E-state index in [1.54, 1.807) is 12.4 Å². The molecule has 0 bridgehead atoms. The molecule has 0 unspecified atom stereocenters. The lowest BCUT2D eigenvalue weighted by molar-refractivity contribution is 0.103. The zero-order valence-electron chi connectivity index (χ0n) is 12.5. The lowest BCUT2D eigenvalue weighted by atomic mass is 10.2. The molecule has 0 saturated carbocycles. The first-order valence-electron chi connectivity index (χ1n) is 7.38. The van der Waals surface area contributed by atoms with Crippen LogP contribution in [0.3, 0.4) is 0 Å². The van der Waals surface area contributed by atoms with Crippen LogP contribution in [0.5, 0.6) is 0 Å². The molecule has 0 aliphatic rings. The first kappa shape index (κ1) is 14.9. The molecule has 0 saturated heterocycles. The monoisotopic (exact) mass is 348 g/mol. The molecule has 0 amide bonds. The first-order chi connectivity index (χ1) is 11.8. The van der Waals surface area contributed by atoms with Crippen LogP contribution in [0, 0.1) is 0 Å². The molecule has 0 aliphatic carbocycles. The van der Waals surface area contributed by atoms with E-state index in [4.69, 9.17) is 0 Å². The topological polar surface area (TPSA) is 42.9 Å². The largest absolute Gasteiger partial charge is 0.283 e. The van der Waals surface area contributed by atoms with E-state index < -0.39 is 0 Å². The molecular formula is C19H12N2OS2. The van der Waals surface area contributed by atoms with Crippen molar-refractivity contribution in [3.63, 3.8) is 0 Å². The van der Waals surface area contributed by atoms with Crippen molar-refractivity contribution < 1.29 is 4.79 Å². The van der Waals surface area contributed by atoms with Crippen LogP contribution in [0.1, 0.15) is 14.8 Å². The van der Waals surface area contributed by atoms with Gasteiger partial charge in [0.25, 0.3) is 0 Å². The lowest BCUT2D eigenvalue weighted by Crippen LogP contribution is -1.98. The van der Waals surface area contributed by atoms with Gasteiger partial charge in [-0.25, -0.2) is 9.97 Å². The minimum Gasteiger partial charge on any atom is -0.283 e. The summed E-state index contributed by atoms with van der Waals surface area (Å²) in [6.07, 6.45) is 3.50. The highest BCUT2D eigenvalue weighted by Crippen LogP contribution is 2.30. The molecule has 24 heavy (non-hydrogen) atoms. The van der Waals surface area contributed by atoms with Gasteiger partial charge < -0.3 is 0 Å². The Kier molecular flexibility index (Phi) is 4.02. The molecule has 2 aromatic heterocycles. The number of rotatable bonds is 4. The van der Waals surface area contributed by atoms with Crippen molar-refractivity contribution in [3.8, 4) is 20.9 Å². The third-order valence-electron chi connectivity index (χ3n) is 3.52. The van der Waals surface area contributed by atoms with Crippen molar-refractivity contribution in [1.29, 1.82) is 0 Å². The van der Waals surface area contributed by atoms with Gasteiger partial charge in [0.1, 0.15) is 0 Å². The minimum absolute atomic E-state index is 0.116. The second-order valence-corrected chi connectivity index (χ2v) is 7.18. The Labute approximate surface area is 147 Å². The molecule has 2 aromatic carbocycles. The molecule has 0 spiro atoms. The normalized spacial score (nSPS) is 10.7. The number of ketones is 1. The average Bonchev–Trinajstić information content (AvgIpc) is 3.33. The van der Waals surface area contributed by atoms with Crippen molar-refractivity contribution in [2.45, 2.75) is 0 Å². The Bertz CT molecular complexity index is 895. The number of hydrogen-bond donors (Lipinski definition) is 0. The fraction of sp³-hybridized carbons (Fsp3) is 0. The number of carbonyl (C=O) groups excluding carboxylic acids is 1. The number of aromatic nitrogens is 2. The number of benzene rings is 2. The molecule has 0 N–H and O–H groups in total. The lowest BCUT2D eigenvalue weighted by Gasteiger charge is -1.94. The molecule has 5 heteroatoms. The van der Waals surface area contributed by atoms with Crippen LogP contribution >= 0.6 is 22.7 Å². The maximum atomic E-state index is 12.6. The number of hydrogen-bond acceptors (Lipinski definition) is 5. The summed E-state index contributed by atoms with van der Waals surface area (Å²) in [4.78, 5) is 23.2. The number of thiazole rings is 2. The van der Waals surface area contributed by atoms with Gasteiger partial charge in [-0.1, -0.05) is 60.7 Å². The van der Waals surface area contributed by atoms with Crippen LogP contribution in [0.15, 0.2) is 73.1 Å². The summed E-state index contributed by atoms with van der Waals surface area (Å²) >= 11 is 2.80. The predicted molar refractivity (Wildman–Crippen MR) is 98.5 cm³/mol. The fourth-order valence-corrected chi connectivity index (χ4v) is 4.11. The third kappa shape index (κ3) is 2.91. The van der Waals surface area contributed by atoms with Crippen LogP contribution in [0.25, 0.3) is 20.9 Å². The second-order valence-electron chi connectivity index (χ2n) is 5.12. The van der Waals surface area contributed by atoms with E-state index in [0.29, 0.717) is 10.0 Å². The van der Waals surface area contributed by atoms with Gasteiger partial charge in [-0.2, -0.15) is 0 Å². The molecule has 0 atom stereocenters. The standard InChI is InChI=1S/C19H12N2OS2/c22-17(18-20-11-15(23-18)13-7-3-1-4-8-13)19-21-12-16(24-19)14-9-5-2-6-10-14/h1-12H. The smallest absolute Gasteiger partial charge is 0.250 e. The first-order valence-corrected chi connectivity index (χ1v) is 9.02. The van der Waals surface area contributed by atoms with Crippen LogP contribution in [-0.4, -0.2) is 15.8 Å². The second kappa shape index (κ2) is 6.47. The van der Waals surface area contributed by atoms with Crippen LogP contribution in [0.4, 0.5) is 0 Å². The van der Waals surface area contributed by atoms with Crippen molar-refractivity contribution in [2.24, 2.45) is 0 Å². The number of carbonyl (C=O) groups is 1. The van der Waals surface area contributed by atoms with Crippen molar-refractivity contribution in [2.75, 3.05) is 0 Å². The summed E-state index contributed by atoms with van der Waals surface area (Å²) in [7, 11) is 0. The highest BCUT2D eigenvalue weighted by molar-refractivity contribution is 7.20. The maximum Gasteiger partial charge on any atom is 0.250 e. The van der Waals surface area contributed by atoms with Crippen LogP contribution in [0.2, 0.25) is 0 Å². The Balaban J connectivity index is 1.61. The van der Waals surface area contributed by atoms with E-state index in [1.165, 1.54) is 22.7 Å². The Morgan fingerprint density at radius 3 is 1.50 bits per heavy atom. The molecular weight excluding hydrogens is 336 g/mol. The van der Waals surface area contributed by atoms with Gasteiger partial charge in [-0.05, 0) is 11.1 Å². The van der Waals surface area contributed by atoms with E-state index in [0.717, 1.165) is 20.9 Å². The summed E-state index contributed by atoms with van der Waals surface area (Å²) in [6, 6.07) is 19.9. The van der Waals surface area contributed by atoms with Gasteiger partial charge in [-0.15, -0.1) is 22.7 Å². The summed E-state index contributed by atoms with van der Waals surface area (Å²) < 4.78 is 0. The molecule has 2 heterocycles. The minimum atomic E-state index is -0.116. The van der Waals surface area contributed by atoms with Gasteiger partial charge >= 0.3 is 0 Å². The highest BCUT2D eigenvalue weighted by Gasteiger charge is 2.18. The van der Waals surface area contributed by atoms with Gasteiger partial charge in [0, 0.05) is 12.4 Å². The molecule has 4 aromatic rings. The SMILES string of the molecule is O=C(c1ncc(-c2ccccc2)s1)c1ncc(-c2ccccc2)s1. The third-order valence-corrected chi connectivity index (χ3v) is 5.61. The molecule has 0 fully saturated rings. The van der Waals surface area contributed by atoms with E-state index in [1.807, 2.05) is 60.7 Å². The zero-order valence-corrected chi connectivity index (χ0v) is 14.2. The highest BCUT2D eigenvalue weighted by atomic mass is 32.1. The van der Waals surface area contributed by atoms with Crippen LogP contribution < -0.4 is 0 Å². The van der Waals surface area contributed by atoms with E-state index in [9.17, 15) is 4.79 Å². The van der Waals surface area contributed by atoms with E-state index in [2.05, 4.69) is 9.97 Å². The number of nitrogens with zero attached hydrogens (tertiary/aromatic N) is 2. The Hall–Kier alpha value is -2.63. The Morgan fingerprint density at radius 2 is 1.08 bits per heavy atom. The predicted octanol–water partition coefficient (Wildman–Crippen LogP) is 5.16. The van der Waals surface area contributed by atoms with Gasteiger partial charge in [-0.3, -0.25) is 4.79 Å². The zero-order chi connectivity index (χ0) is 16.4. The van der Waals surface area contributed by atoms with Crippen molar-refractivity contribution >= 4 is 28.5 Å². The van der Waals surface area contributed by atoms with E-state index >= 15 is 0 Å². The fourth-order valence-electron chi connectivity index (χ4n) is 2.32. The Morgan fingerprint density at radius 1 is 0.667 bits per heavy atom. The van der Waals surface area contributed by atoms with Gasteiger partial charge in [0.15, 0.2) is 10.0 Å². The quantitative estimate of drug-likeness (QED) is 0.478. The van der Waals surface area contributed by atoms with Gasteiger partial charge in [0.05, 0.1) is 9.75 Å².